The molecule has 1 saturated heterocycles. The van der Waals surface area contributed by atoms with Crippen LogP contribution in [0.25, 0.3) is 0 Å². The van der Waals surface area contributed by atoms with Crippen molar-refractivity contribution in [2.45, 2.75) is 76.9 Å². The maximum Gasteiger partial charge on any atom is 0.305 e. The van der Waals surface area contributed by atoms with E-state index in [9.17, 15) is 24.3 Å². The topological polar surface area (TPSA) is 125 Å². The second-order valence-corrected chi connectivity index (χ2v) is 12.7. The van der Waals surface area contributed by atoms with Crippen molar-refractivity contribution < 1.29 is 24.3 Å². The van der Waals surface area contributed by atoms with Crippen LogP contribution in [0.5, 0.6) is 0 Å². The minimum absolute atomic E-state index is 0.00000417. The lowest BCUT2D eigenvalue weighted by Gasteiger charge is -2.34. The Hall–Kier alpha value is -3.11. The van der Waals surface area contributed by atoms with Gasteiger partial charge in [0.25, 0.3) is 17.7 Å². The van der Waals surface area contributed by atoms with Crippen LogP contribution in [0.4, 0.5) is 0 Å². The van der Waals surface area contributed by atoms with Crippen LogP contribution < -0.4 is 5.32 Å². The number of aryl methyl sites for hydroxylation is 1. The van der Waals surface area contributed by atoms with E-state index < -0.39 is 35.9 Å². The predicted octanol–water partition coefficient (Wildman–Crippen LogP) is 4.49. The zero-order valence-corrected chi connectivity index (χ0v) is 25.3. The number of hydrogen-bond donors (Lipinski definition) is 2. The molecule has 10 nitrogen and oxygen atoms in total. The van der Waals surface area contributed by atoms with Gasteiger partial charge in [-0.3, -0.25) is 23.9 Å². The zero-order valence-electron chi connectivity index (χ0n) is 23.8. The predicted molar refractivity (Wildman–Crippen MR) is 155 cm³/mol. The Morgan fingerprint density at radius 1 is 1.00 bits per heavy atom. The minimum Gasteiger partial charge on any atom is -0.481 e. The number of hydrogen-bond acceptors (Lipinski definition) is 5. The molecule has 222 valence electrons. The molecule has 3 amide bonds. The summed E-state index contributed by atoms with van der Waals surface area (Å²) >= 11 is 12.2. The Balaban J connectivity index is 1.69. The number of nitrogens with one attached hydrogen (secondary N) is 1. The molecule has 2 aromatic rings. The maximum atomic E-state index is 14.0. The van der Waals surface area contributed by atoms with E-state index in [1.165, 1.54) is 32.7 Å². The van der Waals surface area contributed by atoms with E-state index >= 15 is 0 Å². The Morgan fingerprint density at radius 2 is 1.63 bits per heavy atom. The number of carbonyl (C=O) groups is 4. The van der Waals surface area contributed by atoms with Crippen molar-refractivity contribution in [2.24, 2.45) is 13.0 Å². The number of carboxylic acid groups (broad SMARTS) is 1. The number of amides is 3. The lowest BCUT2D eigenvalue weighted by molar-refractivity contribution is -0.138. The largest absolute Gasteiger partial charge is 0.481 e. The molecule has 41 heavy (non-hydrogen) atoms. The first-order valence-corrected chi connectivity index (χ1v) is 14.7. The highest BCUT2D eigenvalue weighted by Crippen LogP contribution is 2.30. The van der Waals surface area contributed by atoms with Gasteiger partial charge in [0.05, 0.1) is 22.2 Å². The van der Waals surface area contributed by atoms with Crippen LogP contribution in [-0.2, 0) is 22.1 Å². The van der Waals surface area contributed by atoms with Crippen LogP contribution >= 0.6 is 23.2 Å². The summed E-state index contributed by atoms with van der Waals surface area (Å²) in [5.41, 5.74) is 0.909. The molecule has 2 N–H and O–H groups in total. The van der Waals surface area contributed by atoms with Gasteiger partial charge in [0.1, 0.15) is 5.69 Å². The number of aliphatic carboxylic acids is 1. The molecule has 2 fully saturated rings. The molecule has 2 aliphatic rings. The highest BCUT2D eigenvalue weighted by atomic mass is 35.5. The van der Waals surface area contributed by atoms with Gasteiger partial charge in [-0.1, -0.05) is 63.2 Å². The molecule has 0 radical (unpaired) electrons. The van der Waals surface area contributed by atoms with Gasteiger partial charge in [-0.2, -0.15) is 5.10 Å². The second-order valence-electron chi connectivity index (χ2n) is 11.9. The Morgan fingerprint density at radius 3 is 2.20 bits per heavy atom. The van der Waals surface area contributed by atoms with Crippen molar-refractivity contribution in [1.82, 2.24) is 24.9 Å². The summed E-state index contributed by atoms with van der Waals surface area (Å²) in [5, 5.41) is 17.5. The van der Waals surface area contributed by atoms with Crippen LogP contribution in [0.15, 0.2) is 24.3 Å². The van der Waals surface area contributed by atoms with Gasteiger partial charge in [0.15, 0.2) is 6.17 Å². The van der Waals surface area contributed by atoms with Crippen LogP contribution in [0, 0.1) is 5.92 Å². The smallest absolute Gasteiger partial charge is 0.305 e. The molecule has 2 heterocycles. The fraction of sp³-hybridized carbons (Fsp3) is 0.552. The van der Waals surface area contributed by atoms with Crippen molar-refractivity contribution in [3.05, 3.63) is 51.3 Å². The molecular weight excluding hydrogens is 569 g/mol. The minimum atomic E-state index is -1.29. The highest BCUT2D eigenvalue weighted by Gasteiger charge is 2.45. The maximum absolute atomic E-state index is 14.0. The van der Waals surface area contributed by atoms with E-state index in [2.05, 4.69) is 10.4 Å². The molecule has 0 bridgehead atoms. The summed E-state index contributed by atoms with van der Waals surface area (Å²) < 4.78 is 1.48. The highest BCUT2D eigenvalue weighted by molar-refractivity contribution is 6.42. The molecule has 0 spiro atoms. The van der Waals surface area contributed by atoms with E-state index in [4.69, 9.17) is 23.2 Å². The normalized spacial score (nSPS) is 18.8. The summed E-state index contributed by atoms with van der Waals surface area (Å²) in [7, 11) is 1.66. The quantitative estimate of drug-likeness (QED) is 0.479. The van der Waals surface area contributed by atoms with Gasteiger partial charge in [-0.05, 0) is 43.0 Å². The number of rotatable bonds is 7. The fourth-order valence-electron chi connectivity index (χ4n) is 5.63. The van der Waals surface area contributed by atoms with Gasteiger partial charge in [0.2, 0.25) is 0 Å². The van der Waals surface area contributed by atoms with E-state index in [1.807, 2.05) is 20.8 Å². The van der Waals surface area contributed by atoms with Crippen molar-refractivity contribution in [3.8, 4) is 0 Å². The van der Waals surface area contributed by atoms with Crippen molar-refractivity contribution >= 4 is 46.9 Å². The number of carboxylic acids is 1. The third kappa shape index (κ3) is 6.86. The summed E-state index contributed by atoms with van der Waals surface area (Å²) in [6.45, 7) is 6.16. The molecule has 12 heteroatoms. The SMILES string of the molecule is Cn1nc(C(C)(C)C)cc1C(=O)N1CCN(C(=O)c2ccc(Cl)c(Cl)c2)C1C(=O)NC(CC(=O)O)C1CCCCC1. The summed E-state index contributed by atoms with van der Waals surface area (Å²) in [5.74, 6) is -2.56. The molecule has 1 aromatic heterocycles. The van der Waals surface area contributed by atoms with Crippen LogP contribution in [0.3, 0.4) is 0 Å². The number of benzene rings is 1. The van der Waals surface area contributed by atoms with E-state index in [0.717, 1.165) is 32.1 Å². The first-order chi connectivity index (χ1) is 19.3. The van der Waals surface area contributed by atoms with Gasteiger partial charge < -0.3 is 20.2 Å². The summed E-state index contributed by atoms with van der Waals surface area (Å²) in [6.07, 6.45) is 3.07. The van der Waals surface area contributed by atoms with Crippen molar-refractivity contribution in [1.29, 1.82) is 0 Å². The third-order valence-corrected chi connectivity index (χ3v) is 8.64. The Bertz CT molecular complexity index is 1330. The van der Waals surface area contributed by atoms with Crippen LogP contribution in [0.1, 0.15) is 85.8 Å². The fourth-order valence-corrected chi connectivity index (χ4v) is 5.93. The number of halogens is 2. The molecule has 1 saturated carbocycles. The van der Waals surface area contributed by atoms with Gasteiger partial charge in [0, 0.05) is 37.2 Å². The molecule has 1 aliphatic carbocycles. The Labute approximate surface area is 249 Å². The first kappa shape index (κ1) is 30.8. The number of aromatic nitrogens is 2. The number of carbonyl (C=O) groups excluding carboxylic acids is 3. The summed E-state index contributed by atoms with van der Waals surface area (Å²) in [4.78, 5) is 56.0. The standard InChI is InChI=1S/C29H37Cl2N5O5/c1-29(2,3)23-16-22(34(4)33-23)28(41)36-13-12-35(27(40)18-10-11-19(30)20(31)14-18)26(36)25(39)32-21(15-24(37)38)17-8-6-5-7-9-17/h10-11,14,16-17,21,26H,5-9,12-13,15H2,1-4H3,(H,32,39)(H,37,38). The Kier molecular flexibility index (Phi) is 9.33. The average Bonchev–Trinajstić information content (AvgIpc) is 3.53. The van der Waals surface area contributed by atoms with Gasteiger partial charge >= 0.3 is 5.97 Å². The average molecular weight is 607 g/mol. The van der Waals surface area contributed by atoms with E-state index in [1.54, 1.807) is 13.1 Å². The molecule has 2 unspecified atom stereocenters. The second kappa shape index (κ2) is 12.4. The molecule has 1 aromatic carbocycles. The monoisotopic (exact) mass is 605 g/mol. The third-order valence-electron chi connectivity index (χ3n) is 7.90. The van der Waals surface area contributed by atoms with Gasteiger partial charge in [-0.25, -0.2) is 0 Å². The first-order valence-electron chi connectivity index (χ1n) is 13.9. The van der Waals surface area contributed by atoms with Crippen LogP contribution in [-0.4, -0.2) is 73.7 Å². The molecular formula is C29H37Cl2N5O5. The van der Waals surface area contributed by atoms with E-state index in [-0.39, 0.29) is 52.1 Å². The van der Waals surface area contributed by atoms with Gasteiger partial charge in [-0.15, -0.1) is 0 Å². The summed E-state index contributed by atoms with van der Waals surface area (Å²) in [6, 6.07) is 5.53. The molecule has 4 rings (SSSR count). The molecule has 1 aliphatic heterocycles. The van der Waals surface area contributed by atoms with Crippen molar-refractivity contribution in [2.75, 3.05) is 13.1 Å². The zero-order chi connectivity index (χ0) is 30.1. The van der Waals surface area contributed by atoms with Crippen molar-refractivity contribution in [3.63, 3.8) is 0 Å². The molecule has 2 atom stereocenters. The van der Waals surface area contributed by atoms with Crippen LogP contribution in [0.2, 0.25) is 10.0 Å². The lowest BCUT2D eigenvalue weighted by atomic mass is 9.82. The lowest BCUT2D eigenvalue weighted by Crippen LogP contribution is -2.57. The van der Waals surface area contributed by atoms with E-state index in [0.29, 0.717) is 5.69 Å². The number of nitrogens with zero attached hydrogens (tertiary/aromatic N) is 4.